The summed E-state index contributed by atoms with van der Waals surface area (Å²) in [5, 5.41) is 12.1. The molecule has 18 heavy (non-hydrogen) atoms. The number of allylic oxidation sites excluding steroid dienone is 2. The molecular formula is C13H19NO4. The van der Waals surface area contributed by atoms with Crippen LogP contribution in [0.1, 0.15) is 32.1 Å². The van der Waals surface area contributed by atoms with Crippen molar-refractivity contribution in [2.24, 2.45) is 5.92 Å². The second-order valence-electron chi connectivity index (χ2n) is 4.97. The molecule has 5 heteroatoms. The molecule has 0 unspecified atom stereocenters. The first kappa shape index (κ1) is 13.1. The zero-order chi connectivity index (χ0) is 13.0. The summed E-state index contributed by atoms with van der Waals surface area (Å²) in [4.78, 5) is 23.5. The SMILES string of the molecule is O=C(NC1(C(=O)O)CCOCC1)[C@@H]1CC=CCC1. The molecule has 0 bridgehead atoms. The fraction of sp³-hybridized carbons (Fsp3) is 0.692. The molecule has 1 aliphatic heterocycles. The molecule has 2 aliphatic rings. The third-order valence-electron chi connectivity index (χ3n) is 3.76. The Kier molecular flexibility index (Phi) is 4.01. The first-order valence-corrected chi connectivity index (χ1v) is 6.42. The second-order valence-corrected chi connectivity index (χ2v) is 4.97. The highest BCUT2D eigenvalue weighted by Gasteiger charge is 2.42. The second kappa shape index (κ2) is 5.52. The molecule has 0 aromatic heterocycles. The Labute approximate surface area is 106 Å². The number of carbonyl (C=O) groups excluding carboxylic acids is 1. The Morgan fingerprint density at radius 1 is 1.28 bits per heavy atom. The molecule has 0 aromatic carbocycles. The van der Waals surface area contributed by atoms with Crippen LogP contribution in [0.15, 0.2) is 12.2 Å². The third kappa shape index (κ3) is 2.72. The maximum absolute atomic E-state index is 12.1. The molecule has 1 saturated heterocycles. The summed E-state index contributed by atoms with van der Waals surface area (Å²) in [6.45, 7) is 0.772. The topological polar surface area (TPSA) is 75.6 Å². The van der Waals surface area contributed by atoms with Gasteiger partial charge in [0.1, 0.15) is 5.54 Å². The van der Waals surface area contributed by atoms with E-state index in [1.54, 1.807) is 0 Å². The van der Waals surface area contributed by atoms with Crippen LogP contribution >= 0.6 is 0 Å². The maximum atomic E-state index is 12.1. The average molecular weight is 253 g/mol. The van der Waals surface area contributed by atoms with Gasteiger partial charge in [-0.15, -0.1) is 0 Å². The van der Waals surface area contributed by atoms with Crippen molar-refractivity contribution in [2.45, 2.75) is 37.6 Å². The lowest BCUT2D eigenvalue weighted by atomic mass is 9.87. The maximum Gasteiger partial charge on any atom is 0.329 e. The fourth-order valence-electron chi connectivity index (χ4n) is 2.48. The van der Waals surface area contributed by atoms with Crippen LogP contribution in [0.4, 0.5) is 0 Å². The lowest BCUT2D eigenvalue weighted by molar-refractivity contribution is -0.152. The van der Waals surface area contributed by atoms with E-state index in [4.69, 9.17) is 4.74 Å². The number of rotatable bonds is 3. The summed E-state index contributed by atoms with van der Waals surface area (Å²) in [5.41, 5.74) is -1.13. The number of ether oxygens (including phenoxy) is 1. The van der Waals surface area contributed by atoms with E-state index in [0.717, 1.165) is 12.8 Å². The van der Waals surface area contributed by atoms with E-state index in [1.165, 1.54) is 0 Å². The van der Waals surface area contributed by atoms with Gasteiger partial charge in [0.15, 0.2) is 0 Å². The van der Waals surface area contributed by atoms with Crippen molar-refractivity contribution in [1.29, 1.82) is 0 Å². The van der Waals surface area contributed by atoms with Crippen molar-refractivity contribution in [1.82, 2.24) is 5.32 Å². The van der Waals surface area contributed by atoms with Crippen molar-refractivity contribution in [2.75, 3.05) is 13.2 Å². The number of carboxylic acid groups (broad SMARTS) is 1. The van der Waals surface area contributed by atoms with Gasteiger partial charge >= 0.3 is 5.97 Å². The highest BCUT2D eigenvalue weighted by molar-refractivity contribution is 5.88. The van der Waals surface area contributed by atoms with Crippen molar-refractivity contribution >= 4 is 11.9 Å². The van der Waals surface area contributed by atoms with Crippen molar-refractivity contribution < 1.29 is 19.4 Å². The highest BCUT2D eigenvalue weighted by atomic mass is 16.5. The molecule has 0 saturated carbocycles. The Bertz CT molecular complexity index is 358. The van der Waals surface area contributed by atoms with Gasteiger partial charge < -0.3 is 15.2 Å². The summed E-state index contributed by atoms with van der Waals surface area (Å²) < 4.78 is 5.18. The van der Waals surface area contributed by atoms with Crippen LogP contribution in [0.5, 0.6) is 0 Å². The number of carbonyl (C=O) groups is 2. The highest BCUT2D eigenvalue weighted by Crippen LogP contribution is 2.24. The van der Waals surface area contributed by atoms with E-state index in [0.29, 0.717) is 32.5 Å². The summed E-state index contributed by atoms with van der Waals surface area (Å²) in [7, 11) is 0. The third-order valence-corrected chi connectivity index (χ3v) is 3.76. The van der Waals surface area contributed by atoms with Gasteiger partial charge in [-0.05, 0) is 19.3 Å². The molecule has 0 radical (unpaired) electrons. The molecule has 100 valence electrons. The number of carboxylic acids is 1. The van der Waals surface area contributed by atoms with Crippen molar-refractivity contribution in [3.63, 3.8) is 0 Å². The molecule has 1 atom stereocenters. The molecule has 1 amide bonds. The fourth-order valence-corrected chi connectivity index (χ4v) is 2.48. The van der Waals surface area contributed by atoms with Crippen LogP contribution < -0.4 is 5.32 Å². The van der Waals surface area contributed by atoms with Crippen LogP contribution in [0, 0.1) is 5.92 Å². The first-order valence-electron chi connectivity index (χ1n) is 6.42. The van der Waals surface area contributed by atoms with Gasteiger partial charge in [0.05, 0.1) is 0 Å². The lowest BCUT2D eigenvalue weighted by Gasteiger charge is -2.35. The van der Waals surface area contributed by atoms with Gasteiger partial charge in [0.25, 0.3) is 0 Å². The zero-order valence-corrected chi connectivity index (χ0v) is 10.4. The molecule has 0 aromatic rings. The summed E-state index contributed by atoms with van der Waals surface area (Å²) in [5.74, 6) is -1.18. The zero-order valence-electron chi connectivity index (χ0n) is 10.4. The van der Waals surface area contributed by atoms with E-state index in [1.807, 2.05) is 6.08 Å². The molecule has 2 N–H and O–H groups in total. The van der Waals surface area contributed by atoms with Gasteiger partial charge in [-0.25, -0.2) is 4.79 Å². The summed E-state index contributed by atoms with van der Waals surface area (Å²) >= 11 is 0. The predicted molar refractivity (Wildman–Crippen MR) is 65.0 cm³/mol. The largest absolute Gasteiger partial charge is 0.480 e. The van der Waals surface area contributed by atoms with Crippen LogP contribution in [-0.4, -0.2) is 35.7 Å². The minimum Gasteiger partial charge on any atom is -0.480 e. The van der Waals surface area contributed by atoms with Crippen LogP contribution in [0.3, 0.4) is 0 Å². The number of aliphatic carboxylic acids is 1. The Hall–Kier alpha value is -1.36. The van der Waals surface area contributed by atoms with Gasteiger partial charge in [0.2, 0.25) is 5.91 Å². The number of amides is 1. The minimum absolute atomic E-state index is 0.0888. The number of hydrogen-bond donors (Lipinski definition) is 2. The summed E-state index contributed by atoms with van der Waals surface area (Å²) in [6, 6.07) is 0. The minimum atomic E-state index is -1.13. The smallest absolute Gasteiger partial charge is 0.329 e. The van der Waals surface area contributed by atoms with E-state index in [9.17, 15) is 14.7 Å². The van der Waals surface area contributed by atoms with Crippen LogP contribution in [-0.2, 0) is 14.3 Å². The van der Waals surface area contributed by atoms with Crippen LogP contribution in [0.2, 0.25) is 0 Å². The normalized spacial score (nSPS) is 26.6. The number of hydrogen-bond acceptors (Lipinski definition) is 3. The van der Waals surface area contributed by atoms with Gasteiger partial charge in [-0.2, -0.15) is 0 Å². The predicted octanol–water partition coefficient (Wildman–Crippen LogP) is 1.09. The van der Waals surface area contributed by atoms with Gasteiger partial charge in [-0.3, -0.25) is 4.79 Å². The Morgan fingerprint density at radius 3 is 2.56 bits per heavy atom. The molecule has 1 heterocycles. The molecule has 1 aliphatic carbocycles. The molecule has 0 spiro atoms. The first-order chi connectivity index (χ1) is 8.64. The van der Waals surface area contributed by atoms with Gasteiger partial charge in [0, 0.05) is 32.0 Å². The van der Waals surface area contributed by atoms with E-state index in [2.05, 4.69) is 11.4 Å². The lowest BCUT2D eigenvalue weighted by Crippen LogP contribution is -2.58. The molecule has 2 rings (SSSR count). The monoisotopic (exact) mass is 253 g/mol. The summed E-state index contributed by atoms with van der Waals surface area (Å²) in [6.07, 6.45) is 7.14. The molecule has 1 fully saturated rings. The van der Waals surface area contributed by atoms with E-state index < -0.39 is 11.5 Å². The van der Waals surface area contributed by atoms with Gasteiger partial charge in [-0.1, -0.05) is 12.2 Å². The van der Waals surface area contributed by atoms with E-state index in [-0.39, 0.29) is 11.8 Å². The molecule has 5 nitrogen and oxygen atoms in total. The van der Waals surface area contributed by atoms with Crippen molar-refractivity contribution in [3.8, 4) is 0 Å². The number of nitrogens with one attached hydrogen (secondary N) is 1. The van der Waals surface area contributed by atoms with Crippen molar-refractivity contribution in [3.05, 3.63) is 12.2 Å². The quantitative estimate of drug-likeness (QED) is 0.738. The van der Waals surface area contributed by atoms with Crippen LogP contribution in [0.25, 0.3) is 0 Å². The standard InChI is InChI=1S/C13H19NO4/c15-11(10-4-2-1-3-5-10)14-13(12(16)17)6-8-18-9-7-13/h1-2,10H,3-9H2,(H,14,15)(H,16,17)/t10-/m1/s1. The Morgan fingerprint density at radius 2 is 2.00 bits per heavy atom. The Balaban J connectivity index is 2.02. The average Bonchev–Trinajstić information content (AvgIpc) is 2.40. The van der Waals surface area contributed by atoms with E-state index >= 15 is 0 Å². The molecular weight excluding hydrogens is 234 g/mol.